The minimum absolute atomic E-state index is 0.0537. The molecule has 0 aliphatic carbocycles. The maximum atomic E-state index is 12.0. The van der Waals surface area contributed by atoms with E-state index in [0.29, 0.717) is 17.2 Å². The van der Waals surface area contributed by atoms with Gasteiger partial charge in [-0.3, -0.25) is 4.79 Å². The van der Waals surface area contributed by atoms with Crippen LogP contribution in [0, 0.1) is 5.41 Å². The fourth-order valence-corrected chi connectivity index (χ4v) is 2.13. The Kier molecular flexibility index (Phi) is 4.56. The van der Waals surface area contributed by atoms with Crippen LogP contribution < -0.4 is 16.0 Å². The molecule has 0 atom stereocenters. The number of nitrogens with one attached hydrogen (secondary N) is 1. The molecule has 0 unspecified atom stereocenters. The molecule has 0 saturated carbocycles. The molecule has 1 amide bonds. The molecule has 0 bridgehead atoms. The van der Waals surface area contributed by atoms with E-state index in [1.165, 1.54) is 11.3 Å². The highest BCUT2D eigenvalue weighted by atomic mass is 32.1. The fraction of sp³-hybridized carbons (Fsp3) is 0.667. The van der Waals surface area contributed by atoms with E-state index >= 15 is 0 Å². The smallest absolute Gasteiger partial charge is 0.265 e. The molecule has 1 heterocycles. The number of rotatable bonds is 4. The summed E-state index contributed by atoms with van der Waals surface area (Å²) in [7, 11) is 1.93. The van der Waals surface area contributed by atoms with Crippen molar-refractivity contribution in [3.05, 3.63) is 4.88 Å². The van der Waals surface area contributed by atoms with Crippen LogP contribution in [-0.4, -0.2) is 31.0 Å². The molecule has 18 heavy (non-hydrogen) atoms. The maximum Gasteiger partial charge on any atom is 0.265 e. The Morgan fingerprint density at radius 1 is 1.50 bits per heavy atom. The number of hydrogen-bond acceptors (Lipinski definition) is 5. The summed E-state index contributed by atoms with van der Waals surface area (Å²) >= 11 is 1.33. The summed E-state index contributed by atoms with van der Waals surface area (Å²) in [6.07, 6.45) is 0. The third-order valence-corrected chi connectivity index (χ3v) is 3.61. The lowest BCUT2D eigenvalue weighted by molar-refractivity contribution is 0.0944. The molecular weight excluding hydrogens is 248 g/mol. The Bertz CT molecular complexity index is 422. The molecule has 0 radical (unpaired) electrons. The van der Waals surface area contributed by atoms with Gasteiger partial charge in [-0.25, -0.2) is 4.98 Å². The molecule has 0 aromatic carbocycles. The van der Waals surface area contributed by atoms with E-state index in [4.69, 9.17) is 5.73 Å². The molecule has 1 aromatic heterocycles. The van der Waals surface area contributed by atoms with Gasteiger partial charge in [-0.2, -0.15) is 0 Å². The molecular formula is C12H22N4OS. The average molecular weight is 270 g/mol. The van der Waals surface area contributed by atoms with Crippen molar-refractivity contribution < 1.29 is 4.79 Å². The molecule has 0 saturated heterocycles. The van der Waals surface area contributed by atoms with Crippen LogP contribution in [0.15, 0.2) is 0 Å². The first-order valence-corrected chi connectivity index (χ1v) is 6.82. The van der Waals surface area contributed by atoms with Crippen molar-refractivity contribution in [1.82, 2.24) is 10.3 Å². The van der Waals surface area contributed by atoms with Crippen LogP contribution in [0.25, 0.3) is 0 Å². The summed E-state index contributed by atoms with van der Waals surface area (Å²) in [5.74, 6) is 0.164. The van der Waals surface area contributed by atoms with Gasteiger partial charge >= 0.3 is 0 Å². The first-order chi connectivity index (χ1) is 8.24. The van der Waals surface area contributed by atoms with Crippen LogP contribution in [0.5, 0.6) is 0 Å². The lowest BCUT2D eigenvalue weighted by Crippen LogP contribution is -2.32. The number of carbonyl (C=O) groups excluding carboxylic acids is 1. The van der Waals surface area contributed by atoms with Gasteiger partial charge in [0.15, 0.2) is 5.13 Å². The lowest BCUT2D eigenvalue weighted by Gasteiger charge is -2.18. The van der Waals surface area contributed by atoms with E-state index in [0.717, 1.165) is 11.7 Å². The topological polar surface area (TPSA) is 71.2 Å². The predicted molar refractivity (Wildman–Crippen MR) is 77.3 cm³/mol. The van der Waals surface area contributed by atoms with Crippen molar-refractivity contribution in [3.8, 4) is 0 Å². The Hall–Kier alpha value is -1.30. The van der Waals surface area contributed by atoms with Crippen LogP contribution in [-0.2, 0) is 0 Å². The molecule has 3 N–H and O–H groups in total. The van der Waals surface area contributed by atoms with E-state index in [2.05, 4.69) is 31.1 Å². The zero-order valence-electron chi connectivity index (χ0n) is 11.7. The first kappa shape index (κ1) is 14.8. The Morgan fingerprint density at radius 2 is 2.11 bits per heavy atom. The predicted octanol–water partition coefficient (Wildman–Crippen LogP) is 1.96. The average Bonchev–Trinajstić information content (AvgIpc) is 2.66. The van der Waals surface area contributed by atoms with Crippen molar-refractivity contribution in [1.29, 1.82) is 0 Å². The van der Waals surface area contributed by atoms with Gasteiger partial charge in [0.2, 0.25) is 0 Å². The van der Waals surface area contributed by atoms with E-state index in [1.807, 2.05) is 18.9 Å². The number of amides is 1. The van der Waals surface area contributed by atoms with Gasteiger partial charge in [0.05, 0.1) is 0 Å². The third kappa shape index (κ3) is 3.87. The highest BCUT2D eigenvalue weighted by Gasteiger charge is 2.19. The van der Waals surface area contributed by atoms with E-state index in [1.54, 1.807) is 0 Å². The molecule has 0 aliphatic rings. The van der Waals surface area contributed by atoms with Crippen molar-refractivity contribution >= 4 is 28.2 Å². The summed E-state index contributed by atoms with van der Waals surface area (Å²) < 4.78 is 0. The van der Waals surface area contributed by atoms with E-state index in [9.17, 15) is 4.79 Å². The van der Waals surface area contributed by atoms with Crippen LogP contribution in [0.4, 0.5) is 10.9 Å². The second-order valence-corrected chi connectivity index (χ2v) is 6.45. The minimum Gasteiger partial charge on any atom is -0.382 e. The van der Waals surface area contributed by atoms with Crippen LogP contribution in [0.2, 0.25) is 0 Å². The number of aromatic nitrogens is 1. The van der Waals surface area contributed by atoms with Gasteiger partial charge in [0.1, 0.15) is 10.7 Å². The third-order valence-electron chi connectivity index (χ3n) is 2.43. The summed E-state index contributed by atoms with van der Waals surface area (Å²) in [6, 6.07) is 0. The molecule has 1 aromatic rings. The van der Waals surface area contributed by atoms with Crippen molar-refractivity contribution in [2.24, 2.45) is 5.41 Å². The number of anilines is 2. The van der Waals surface area contributed by atoms with Crippen molar-refractivity contribution in [2.75, 3.05) is 30.8 Å². The van der Waals surface area contributed by atoms with Gasteiger partial charge in [-0.15, -0.1) is 0 Å². The zero-order valence-corrected chi connectivity index (χ0v) is 12.5. The maximum absolute atomic E-state index is 12.0. The molecule has 0 fully saturated rings. The second-order valence-electron chi connectivity index (χ2n) is 5.47. The number of hydrogen-bond donors (Lipinski definition) is 2. The Morgan fingerprint density at radius 3 is 2.61 bits per heavy atom. The second kappa shape index (κ2) is 5.56. The number of nitrogens with zero attached hydrogens (tertiary/aromatic N) is 2. The molecule has 6 heteroatoms. The van der Waals surface area contributed by atoms with Crippen LogP contribution in [0.1, 0.15) is 37.4 Å². The summed E-state index contributed by atoms with van der Waals surface area (Å²) in [4.78, 5) is 18.7. The largest absolute Gasteiger partial charge is 0.382 e. The summed E-state index contributed by atoms with van der Waals surface area (Å²) in [5.41, 5.74) is 5.84. The number of nitrogens with two attached hydrogens (primary N) is 1. The van der Waals surface area contributed by atoms with E-state index < -0.39 is 0 Å². The zero-order chi connectivity index (χ0) is 13.9. The standard InChI is InChI=1S/C12H22N4OS/c1-6-16(5)11-15-9(13)8(18-11)10(17)14-7-12(2,3)4/h6-7,13H2,1-5H3,(H,14,17). The molecule has 5 nitrogen and oxygen atoms in total. The van der Waals surface area contributed by atoms with Gasteiger partial charge in [0.25, 0.3) is 5.91 Å². The van der Waals surface area contributed by atoms with Gasteiger partial charge in [-0.1, -0.05) is 32.1 Å². The first-order valence-electron chi connectivity index (χ1n) is 6.00. The number of carbonyl (C=O) groups is 1. The molecule has 102 valence electrons. The monoisotopic (exact) mass is 270 g/mol. The highest BCUT2D eigenvalue weighted by Crippen LogP contribution is 2.27. The number of nitrogen functional groups attached to an aromatic ring is 1. The summed E-state index contributed by atoms with van der Waals surface area (Å²) in [6.45, 7) is 9.67. The Balaban J connectivity index is 2.77. The van der Waals surface area contributed by atoms with E-state index in [-0.39, 0.29) is 11.3 Å². The lowest BCUT2D eigenvalue weighted by atomic mass is 9.97. The van der Waals surface area contributed by atoms with Gasteiger partial charge in [-0.05, 0) is 12.3 Å². The van der Waals surface area contributed by atoms with Crippen molar-refractivity contribution in [2.45, 2.75) is 27.7 Å². The fourth-order valence-electron chi connectivity index (χ4n) is 1.21. The normalized spacial score (nSPS) is 11.4. The molecule has 1 rings (SSSR count). The SMILES string of the molecule is CCN(C)c1nc(N)c(C(=O)NCC(C)(C)C)s1. The van der Waals surface area contributed by atoms with Gasteiger partial charge < -0.3 is 16.0 Å². The number of thiazole rings is 1. The highest BCUT2D eigenvalue weighted by molar-refractivity contribution is 7.18. The van der Waals surface area contributed by atoms with Crippen LogP contribution >= 0.6 is 11.3 Å². The van der Waals surface area contributed by atoms with Crippen LogP contribution in [0.3, 0.4) is 0 Å². The van der Waals surface area contributed by atoms with Crippen molar-refractivity contribution in [3.63, 3.8) is 0 Å². The Labute approximate surface area is 112 Å². The quantitative estimate of drug-likeness (QED) is 0.877. The summed E-state index contributed by atoms with van der Waals surface area (Å²) in [5, 5.41) is 3.66. The van der Waals surface area contributed by atoms with Gasteiger partial charge in [0, 0.05) is 20.1 Å². The molecule has 0 spiro atoms. The molecule has 0 aliphatic heterocycles. The minimum atomic E-state index is -0.143.